The van der Waals surface area contributed by atoms with E-state index in [1.165, 1.54) is 23.1 Å². The molecule has 0 aliphatic heterocycles. The summed E-state index contributed by atoms with van der Waals surface area (Å²) in [7, 11) is 0. The van der Waals surface area contributed by atoms with Gasteiger partial charge in [0.15, 0.2) is 4.34 Å². The smallest absolute Gasteiger partial charge is 0.158 e. The van der Waals surface area contributed by atoms with Gasteiger partial charge < -0.3 is 5.73 Å². The fraction of sp³-hybridized carbons (Fsp3) is 0. The van der Waals surface area contributed by atoms with Gasteiger partial charge in [0.2, 0.25) is 0 Å². The van der Waals surface area contributed by atoms with Gasteiger partial charge in [-0.15, -0.1) is 0 Å². The largest absolute Gasteiger partial charge is 0.389 e. The predicted octanol–water partition coefficient (Wildman–Crippen LogP) is 1.67. The molecule has 0 aliphatic carbocycles. The van der Waals surface area contributed by atoms with Crippen LogP contribution in [-0.4, -0.2) is 15.0 Å². The lowest BCUT2D eigenvalue weighted by molar-refractivity contribution is 1.05. The van der Waals surface area contributed by atoms with Crippen LogP contribution in [0.1, 0.15) is 0 Å². The van der Waals surface area contributed by atoms with Crippen LogP contribution in [0, 0.1) is 0 Å². The highest BCUT2D eigenvalue weighted by atomic mass is 32.2. The SMILES string of the molecule is Nc1cnc(Sc2cnccn2)s1. The summed E-state index contributed by atoms with van der Waals surface area (Å²) in [5.74, 6) is 0. The molecule has 0 aliphatic rings. The van der Waals surface area contributed by atoms with Crippen molar-refractivity contribution in [3.63, 3.8) is 0 Å². The zero-order chi connectivity index (χ0) is 9.10. The molecular formula is C7H6N4S2. The van der Waals surface area contributed by atoms with Crippen molar-refractivity contribution in [3.8, 4) is 0 Å². The third-order valence-electron chi connectivity index (χ3n) is 1.23. The first-order valence-electron chi connectivity index (χ1n) is 3.50. The first-order chi connectivity index (χ1) is 6.34. The highest BCUT2D eigenvalue weighted by molar-refractivity contribution is 8.01. The lowest BCUT2D eigenvalue weighted by Crippen LogP contribution is -1.79. The van der Waals surface area contributed by atoms with Crippen molar-refractivity contribution in [1.82, 2.24) is 15.0 Å². The summed E-state index contributed by atoms with van der Waals surface area (Å²) in [5.41, 5.74) is 5.54. The number of thiazole rings is 1. The monoisotopic (exact) mass is 210 g/mol. The van der Waals surface area contributed by atoms with Gasteiger partial charge in [0.1, 0.15) is 10.0 Å². The van der Waals surface area contributed by atoms with E-state index in [9.17, 15) is 0 Å². The Bertz CT molecular complexity index is 386. The Kier molecular flexibility index (Phi) is 2.42. The molecule has 0 bridgehead atoms. The van der Waals surface area contributed by atoms with Gasteiger partial charge in [0.05, 0.1) is 12.4 Å². The average Bonchev–Trinajstić information content (AvgIpc) is 2.53. The van der Waals surface area contributed by atoms with Crippen molar-refractivity contribution < 1.29 is 0 Å². The molecule has 66 valence electrons. The second kappa shape index (κ2) is 3.71. The molecule has 0 atom stereocenters. The van der Waals surface area contributed by atoms with Crippen LogP contribution >= 0.6 is 23.1 Å². The van der Waals surface area contributed by atoms with Gasteiger partial charge in [-0.25, -0.2) is 9.97 Å². The van der Waals surface area contributed by atoms with E-state index in [0.29, 0.717) is 5.00 Å². The Balaban J connectivity index is 2.15. The number of nitrogen functional groups attached to an aromatic ring is 1. The zero-order valence-corrected chi connectivity index (χ0v) is 8.18. The van der Waals surface area contributed by atoms with E-state index in [1.54, 1.807) is 24.8 Å². The fourth-order valence-corrected chi connectivity index (χ4v) is 2.38. The van der Waals surface area contributed by atoms with Crippen LogP contribution < -0.4 is 5.73 Å². The maximum Gasteiger partial charge on any atom is 0.158 e. The van der Waals surface area contributed by atoms with E-state index in [4.69, 9.17) is 5.73 Å². The van der Waals surface area contributed by atoms with E-state index in [-0.39, 0.29) is 0 Å². The van der Waals surface area contributed by atoms with E-state index in [2.05, 4.69) is 15.0 Å². The van der Waals surface area contributed by atoms with Crippen molar-refractivity contribution in [2.24, 2.45) is 0 Å². The molecular weight excluding hydrogens is 204 g/mol. The van der Waals surface area contributed by atoms with Crippen LogP contribution in [0.3, 0.4) is 0 Å². The van der Waals surface area contributed by atoms with Crippen LogP contribution in [0.4, 0.5) is 5.00 Å². The minimum Gasteiger partial charge on any atom is -0.389 e. The molecule has 0 spiro atoms. The Morgan fingerprint density at radius 1 is 1.23 bits per heavy atom. The molecule has 0 amide bonds. The minimum absolute atomic E-state index is 0.714. The third kappa shape index (κ3) is 2.16. The molecule has 2 heterocycles. The van der Waals surface area contributed by atoms with Crippen LogP contribution in [-0.2, 0) is 0 Å². The molecule has 0 fully saturated rings. The molecule has 2 aromatic heterocycles. The summed E-state index contributed by atoms with van der Waals surface area (Å²) in [5, 5.41) is 1.54. The van der Waals surface area contributed by atoms with Gasteiger partial charge in [-0.1, -0.05) is 11.3 Å². The fourth-order valence-electron chi connectivity index (χ4n) is 0.745. The summed E-state index contributed by atoms with van der Waals surface area (Å²) in [6, 6.07) is 0. The van der Waals surface area contributed by atoms with Crippen LogP contribution in [0.5, 0.6) is 0 Å². The Hall–Kier alpha value is -1.14. The second-order valence-electron chi connectivity index (χ2n) is 2.17. The van der Waals surface area contributed by atoms with Crippen molar-refractivity contribution in [3.05, 3.63) is 24.8 Å². The van der Waals surface area contributed by atoms with Gasteiger partial charge in [0.25, 0.3) is 0 Å². The van der Waals surface area contributed by atoms with E-state index < -0.39 is 0 Å². The molecule has 0 saturated carbocycles. The lowest BCUT2D eigenvalue weighted by Gasteiger charge is -1.92. The molecule has 2 aromatic rings. The number of nitrogens with zero attached hydrogens (tertiary/aromatic N) is 3. The van der Waals surface area contributed by atoms with E-state index >= 15 is 0 Å². The molecule has 0 unspecified atom stereocenters. The first kappa shape index (κ1) is 8.46. The van der Waals surface area contributed by atoms with Gasteiger partial charge in [-0.3, -0.25) is 4.98 Å². The molecule has 4 nitrogen and oxygen atoms in total. The summed E-state index contributed by atoms with van der Waals surface area (Å²) >= 11 is 2.91. The highest BCUT2D eigenvalue weighted by Gasteiger charge is 2.02. The third-order valence-corrected chi connectivity index (χ3v) is 3.05. The van der Waals surface area contributed by atoms with Gasteiger partial charge >= 0.3 is 0 Å². The summed E-state index contributed by atoms with van der Waals surface area (Å²) in [6.45, 7) is 0. The van der Waals surface area contributed by atoms with Gasteiger partial charge in [0, 0.05) is 12.4 Å². The number of hydrogen-bond acceptors (Lipinski definition) is 6. The van der Waals surface area contributed by atoms with E-state index in [1.807, 2.05) is 0 Å². The quantitative estimate of drug-likeness (QED) is 0.816. The lowest BCUT2D eigenvalue weighted by atomic mass is 10.8. The van der Waals surface area contributed by atoms with Crippen molar-refractivity contribution in [2.75, 3.05) is 5.73 Å². The normalized spacial score (nSPS) is 10.2. The van der Waals surface area contributed by atoms with E-state index in [0.717, 1.165) is 9.37 Å². The molecule has 0 radical (unpaired) electrons. The predicted molar refractivity (Wildman–Crippen MR) is 52.7 cm³/mol. The van der Waals surface area contributed by atoms with Gasteiger partial charge in [-0.2, -0.15) is 0 Å². The highest BCUT2D eigenvalue weighted by Crippen LogP contribution is 2.29. The van der Waals surface area contributed by atoms with Crippen molar-refractivity contribution >= 4 is 28.1 Å². The number of hydrogen-bond donors (Lipinski definition) is 1. The summed E-state index contributed by atoms with van der Waals surface area (Å²) in [6.07, 6.45) is 6.63. The van der Waals surface area contributed by atoms with Crippen LogP contribution in [0.2, 0.25) is 0 Å². The van der Waals surface area contributed by atoms with Crippen molar-refractivity contribution in [1.29, 1.82) is 0 Å². The Morgan fingerprint density at radius 2 is 2.15 bits per heavy atom. The topological polar surface area (TPSA) is 64.7 Å². The minimum atomic E-state index is 0.714. The number of anilines is 1. The maximum absolute atomic E-state index is 5.54. The first-order valence-corrected chi connectivity index (χ1v) is 5.13. The molecule has 6 heteroatoms. The van der Waals surface area contributed by atoms with Crippen LogP contribution in [0.15, 0.2) is 34.2 Å². The van der Waals surface area contributed by atoms with Gasteiger partial charge in [-0.05, 0) is 11.8 Å². The van der Waals surface area contributed by atoms with Crippen molar-refractivity contribution in [2.45, 2.75) is 9.37 Å². The number of aromatic nitrogens is 3. The number of rotatable bonds is 2. The molecule has 13 heavy (non-hydrogen) atoms. The Morgan fingerprint density at radius 3 is 2.77 bits per heavy atom. The Labute approximate surface area is 83.3 Å². The van der Waals surface area contributed by atoms with Crippen LogP contribution in [0.25, 0.3) is 0 Å². The molecule has 0 aromatic carbocycles. The average molecular weight is 210 g/mol. The second-order valence-corrected chi connectivity index (χ2v) is 4.50. The molecule has 2 N–H and O–H groups in total. The maximum atomic E-state index is 5.54. The summed E-state index contributed by atoms with van der Waals surface area (Å²) < 4.78 is 0.887. The molecule has 2 rings (SSSR count). The number of nitrogens with two attached hydrogens (primary N) is 1. The standard InChI is InChI=1S/C7H6N4S2/c8-5-3-11-7(12-5)13-6-4-9-1-2-10-6/h1-4H,8H2. The molecule has 0 saturated heterocycles. The summed E-state index contributed by atoms with van der Waals surface area (Å²) in [4.78, 5) is 12.2. The zero-order valence-electron chi connectivity index (χ0n) is 6.54.